The number of methoxy groups -OCH3 is 1. The fraction of sp³-hybridized carbons (Fsp3) is 0.240. The molecule has 0 aliphatic carbocycles. The van der Waals surface area contributed by atoms with Crippen molar-refractivity contribution in [2.45, 2.75) is 11.6 Å². The minimum atomic E-state index is -2.14. The molecule has 3 N–H and O–H groups in total. The van der Waals surface area contributed by atoms with Gasteiger partial charge in [0.2, 0.25) is 11.8 Å². The lowest BCUT2D eigenvalue weighted by molar-refractivity contribution is -0.384. The maximum atomic E-state index is 13.7. The molecule has 4 unspecified atom stereocenters. The van der Waals surface area contributed by atoms with Crippen molar-refractivity contribution in [2.24, 2.45) is 11.8 Å². The minimum absolute atomic E-state index is 0.0378. The Hall–Kier alpha value is -4.35. The number of carbonyl (C=O) groups excluding carboxylic acids is 2. The van der Waals surface area contributed by atoms with Gasteiger partial charge >= 0.3 is 5.97 Å². The number of non-ortho nitro benzene ring substituents is 1. The highest BCUT2D eigenvalue weighted by molar-refractivity contribution is 6.24. The number of nitro groups is 1. The number of aliphatic hydroxyl groups excluding tert-OH is 1. The lowest BCUT2D eigenvalue weighted by Gasteiger charge is -2.29. The average Bonchev–Trinajstić information content (AvgIpc) is 3.37. The van der Waals surface area contributed by atoms with Gasteiger partial charge in [0.1, 0.15) is 5.75 Å². The molecule has 0 aromatic heterocycles. The highest BCUT2D eigenvalue weighted by Crippen LogP contribution is 2.51. The molecule has 5 rings (SSSR count). The number of benzene rings is 3. The first-order chi connectivity index (χ1) is 17.2. The summed E-state index contributed by atoms with van der Waals surface area (Å²) in [5.41, 5.74) is -1.95. The fourth-order valence-electron chi connectivity index (χ4n) is 5.42. The van der Waals surface area contributed by atoms with Gasteiger partial charge in [-0.25, -0.2) is 4.90 Å². The molecular formula is C25H21N3O8. The standard InChI is InChI=1S/C25H21N3O8/c1-36-18-10-9-17(15-7-2-3-8-16(15)18)21-19-20(25(12-29,26-21)24(32)33)23(31)27(22(19)30)13-5-4-6-14(11-13)28(34)35/h2-11,19-21,26,29H,12H2,1H3,(H,32,33). The second-order valence-corrected chi connectivity index (χ2v) is 8.75. The largest absolute Gasteiger partial charge is 0.496 e. The molecule has 3 aromatic rings. The van der Waals surface area contributed by atoms with Crippen molar-refractivity contribution in [1.82, 2.24) is 5.32 Å². The average molecular weight is 491 g/mol. The molecule has 2 aliphatic heterocycles. The Kier molecular flexibility index (Phi) is 5.46. The molecule has 36 heavy (non-hydrogen) atoms. The van der Waals surface area contributed by atoms with Crippen LogP contribution in [0.15, 0.2) is 60.7 Å². The maximum absolute atomic E-state index is 13.7. The zero-order valence-corrected chi connectivity index (χ0v) is 19.0. The van der Waals surface area contributed by atoms with E-state index in [2.05, 4.69) is 5.32 Å². The third-order valence-electron chi connectivity index (χ3n) is 7.06. The van der Waals surface area contributed by atoms with Crippen LogP contribution in [0.2, 0.25) is 0 Å². The van der Waals surface area contributed by atoms with E-state index in [1.165, 1.54) is 25.3 Å². The Morgan fingerprint density at radius 2 is 1.83 bits per heavy atom. The summed E-state index contributed by atoms with van der Waals surface area (Å²) in [6.07, 6.45) is 0. The van der Waals surface area contributed by atoms with Gasteiger partial charge in [0.15, 0.2) is 5.54 Å². The fourth-order valence-corrected chi connectivity index (χ4v) is 5.42. The summed E-state index contributed by atoms with van der Waals surface area (Å²) in [6.45, 7) is -0.949. The third kappa shape index (κ3) is 3.17. The Morgan fingerprint density at radius 1 is 1.11 bits per heavy atom. The zero-order valence-electron chi connectivity index (χ0n) is 19.0. The highest BCUT2D eigenvalue weighted by atomic mass is 16.6. The van der Waals surface area contributed by atoms with Crippen molar-refractivity contribution in [3.8, 4) is 5.75 Å². The number of aliphatic hydroxyl groups is 1. The van der Waals surface area contributed by atoms with Crippen LogP contribution in [0, 0.1) is 22.0 Å². The molecule has 4 atom stereocenters. The number of imide groups is 1. The smallest absolute Gasteiger partial charge is 0.327 e. The second kappa shape index (κ2) is 8.40. The number of aliphatic carboxylic acids is 1. The third-order valence-corrected chi connectivity index (χ3v) is 7.06. The van der Waals surface area contributed by atoms with Crippen molar-refractivity contribution in [1.29, 1.82) is 0 Å². The van der Waals surface area contributed by atoms with Crippen LogP contribution in [0.5, 0.6) is 5.75 Å². The molecule has 3 aromatic carbocycles. The molecule has 2 amide bonds. The Labute approximate surface area is 204 Å². The van der Waals surface area contributed by atoms with Gasteiger partial charge in [0.25, 0.3) is 5.69 Å². The van der Waals surface area contributed by atoms with E-state index in [9.17, 15) is 34.7 Å². The van der Waals surface area contributed by atoms with Gasteiger partial charge in [-0.2, -0.15) is 0 Å². The first-order valence-corrected chi connectivity index (χ1v) is 11.0. The van der Waals surface area contributed by atoms with Crippen molar-refractivity contribution in [3.05, 3.63) is 76.3 Å². The molecule has 184 valence electrons. The van der Waals surface area contributed by atoms with E-state index < -0.39 is 52.7 Å². The first-order valence-electron chi connectivity index (χ1n) is 11.0. The topological polar surface area (TPSA) is 159 Å². The van der Waals surface area contributed by atoms with E-state index in [1.807, 2.05) is 12.1 Å². The van der Waals surface area contributed by atoms with Crippen molar-refractivity contribution in [2.75, 3.05) is 18.6 Å². The van der Waals surface area contributed by atoms with E-state index in [0.717, 1.165) is 16.4 Å². The summed E-state index contributed by atoms with van der Waals surface area (Å²) in [5, 5.41) is 35.9. The lowest BCUT2D eigenvalue weighted by atomic mass is 9.79. The minimum Gasteiger partial charge on any atom is -0.496 e. The van der Waals surface area contributed by atoms with Gasteiger partial charge in [0, 0.05) is 23.6 Å². The van der Waals surface area contributed by atoms with Crippen LogP contribution in [0.4, 0.5) is 11.4 Å². The molecule has 0 spiro atoms. The van der Waals surface area contributed by atoms with E-state index in [0.29, 0.717) is 16.7 Å². The Morgan fingerprint density at radius 3 is 2.47 bits per heavy atom. The van der Waals surface area contributed by atoms with Crippen LogP contribution < -0.4 is 15.0 Å². The summed E-state index contributed by atoms with van der Waals surface area (Å²) in [5.74, 6) is -5.10. The highest BCUT2D eigenvalue weighted by Gasteiger charge is 2.68. The number of anilines is 1. The van der Waals surface area contributed by atoms with Crippen LogP contribution in [0.3, 0.4) is 0 Å². The number of rotatable bonds is 6. The SMILES string of the molecule is COc1ccc(C2NC(CO)(C(=O)O)C3C(=O)N(c4cccc([N+](=O)[O-])c4)C(=O)C23)c2ccccc12. The van der Waals surface area contributed by atoms with E-state index in [1.54, 1.807) is 24.3 Å². The molecule has 11 heteroatoms. The van der Waals surface area contributed by atoms with Gasteiger partial charge in [0.05, 0.1) is 36.2 Å². The summed E-state index contributed by atoms with van der Waals surface area (Å²) >= 11 is 0. The number of carbonyl (C=O) groups is 3. The van der Waals surface area contributed by atoms with Crippen LogP contribution >= 0.6 is 0 Å². The van der Waals surface area contributed by atoms with E-state index >= 15 is 0 Å². The number of ether oxygens (including phenoxy) is 1. The zero-order chi connectivity index (χ0) is 25.8. The number of nitrogens with zero attached hydrogens (tertiary/aromatic N) is 2. The summed E-state index contributed by atoms with van der Waals surface area (Å²) < 4.78 is 5.44. The molecule has 2 aliphatic rings. The molecular weight excluding hydrogens is 470 g/mol. The maximum Gasteiger partial charge on any atom is 0.327 e. The van der Waals surface area contributed by atoms with Crippen molar-refractivity contribution < 1.29 is 34.3 Å². The number of carboxylic acid groups (broad SMARTS) is 1. The number of amides is 2. The van der Waals surface area contributed by atoms with Crippen LogP contribution in [0.25, 0.3) is 10.8 Å². The number of nitro benzene ring substituents is 1. The Bertz CT molecular complexity index is 1440. The van der Waals surface area contributed by atoms with Crippen LogP contribution in [-0.4, -0.2) is 52.2 Å². The summed E-state index contributed by atoms with van der Waals surface area (Å²) in [6, 6.07) is 14.7. The molecule has 0 bridgehead atoms. The normalized spacial score (nSPS) is 25.3. The number of hydrogen-bond acceptors (Lipinski definition) is 8. The van der Waals surface area contributed by atoms with Gasteiger partial charge in [-0.05, 0) is 23.1 Å². The lowest BCUT2D eigenvalue weighted by Crippen LogP contribution is -2.58. The molecule has 0 saturated carbocycles. The van der Waals surface area contributed by atoms with Gasteiger partial charge in [-0.3, -0.25) is 29.8 Å². The predicted molar refractivity (Wildman–Crippen MR) is 126 cm³/mol. The molecule has 2 saturated heterocycles. The summed E-state index contributed by atoms with van der Waals surface area (Å²) in [7, 11) is 1.52. The number of hydrogen-bond donors (Lipinski definition) is 3. The summed E-state index contributed by atoms with van der Waals surface area (Å²) in [4.78, 5) is 51.2. The van der Waals surface area contributed by atoms with Gasteiger partial charge in [-0.1, -0.05) is 36.4 Å². The van der Waals surface area contributed by atoms with E-state index in [-0.39, 0.29) is 11.4 Å². The second-order valence-electron chi connectivity index (χ2n) is 8.75. The Balaban J connectivity index is 1.69. The molecule has 0 radical (unpaired) electrons. The van der Waals surface area contributed by atoms with Crippen molar-refractivity contribution >= 4 is 39.9 Å². The van der Waals surface area contributed by atoms with Gasteiger partial charge < -0.3 is 14.9 Å². The first kappa shape index (κ1) is 23.4. The molecule has 2 fully saturated rings. The van der Waals surface area contributed by atoms with Gasteiger partial charge in [-0.15, -0.1) is 0 Å². The molecule has 2 heterocycles. The van der Waals surface area contributed by atoms with Crippen LogP contribution in [0.1, 0.15) is 11.6 Å². The quantitative estimate of drug-likeness (QED) is 0.266. The van der Waals surface area contributed by atoms with E-state index in [4.69, 9.17) is 4.74 Å². The van der Waals surface area contributed by atoms with Crippen molar-refractivity contribution in [3.63, 3.8) is 0 Å². The number of nitrogens with one attached hydrogen (secondary N) is 1. The molecule has 11 nitrogen and oxygen atoms in total. The van der Waals surface area contributed by atoms with Crippen LogP contribution in [-0.2, 0) is 14.4 Å². The monoisotopic (exact) mass is 491 g/mol. The number of carboxylic acids is 1. The number of fused-ring (bicyclic) bond motifs is 2. The predicted octanol–water partition coefficient (Wildman–Crippen LogP) is 2.02.